The molecule has 3 saturated heterocycles. The van der Waals surface area contributed by atoms with Crippen LogP contribution in [0.25, 0.3) is 10.8 Å². The number of unbranched alkanes of at least 4 members (excludes halogenated alkanes) is 2. The van der Waals surface area contributed by atoms with E-state index in [2.05, 4.69) is 26.6 Å². The molecule has 0 aromatic heterocycles. The van der Waals surface area contributed by atoms with E-state index in [1.165, 1.54) is 0 Å². The van der Waals surface area contributed by atoms with Crippen LogP contribution in [0.1, 0.15) is 32.6 Å². The van der Waals surface area contributed by atoms with Crippen LogP contribution in [0.3, 0.4) is 0 Å². The lowest BCUT2D eigenvalue weighted by Crippen LogP contribution is -2.54. The van der Waals surface area contributed by atoms with E-state index in [0.717, 1.165) is 10.8 Å². The van der Waals surface area contributed by atoms with Crippen molar-refractivity contribution in [1.82, 2.24) is 4.90 Å². The van der Waals surface area contributed by atoms with Gasteiger partial charge in [0, 0.05) is 29.4 Å². The molecular weight excluding hydrogens is 614 g/mol. The summed E-state index contributed by atoms with van der Waals surface area (Å²) in [7, 11) is 0. The van der Waals surface area contributed by atoms with E-state index in [4.69, 9.17) is 9.47 Å². The van der Waals surface area contributed by atoms with Crippen LogP contribution in [0.2, 0.25) is 0 Å². The number of alkyl halides is 1. The quantitative estimate of drug-likeness (QED) is 0.204. The number of carbonyl (C=O) groups is 3. The Hall–Kier alpha value is -3.47. The second kappa shape index (κ2) is 12.3. The van der Waals surface area contributed by atoms with Gasteiger partial charge in [-0.05, 0) is 79.8 Å². The first kappa shape index (κ1) is 29.6. The van der Waals surface area contributed by atoms with Crippen molar-refractivity contribution in [1.29, 1.82) is 0 Å². The number of anilines is 2. The van der Waals surface area contributed by atoms with Gasteiger partial charge in [-0.3, -0.25) is 14.4 Å². The lowest BCUT2D eigenvalue weighted by atomic mass is 9.70. The van der Waals surface area contributed by atoms with Crippen molar-refractivity contribution in [3.63, 3.8) is 0 Å². The molecule has 3 heterocycles. The molecule has 0 radical (unpaired) electrons. The highest BCUT2D eigenvalue weighted by molar-refractivity contribution is 9.09. The zero-order valence-corrected chi connectivity index (χ0v) is 25.6. The minimum Gasteiger partial charge on any atom is -0.494 e. The van der Waals surface area contributed by atoms with Gasteiger partial charge in [0.1, 0.15) is 17.4 Å². The number of hydrogen-bond donors (Lipinski definition) is 3. The zero-order chi connectivity index (χ0) is 30.1. The number of benzene rings is 3. The number of likely N-dealkylation sites (tertiary alicyclic amines) is 1. The van der Waals surface area contributed by atoms with Crippen LogP contribution < -0.4 is 15.4 Å². The first-order valence-electron chi connectivity index (χ1n) is 14.9. The van der Waals surface area contributed by atoms with Crippen LogP contribution in [-0.4, -0.2) is 70.1 Å². The van der Waals surface area contributed by atoms with Crippen molar-refractivity contribution < 1.29 is 29.0 Å². The molecular formula is C33H36BrN3O6. The summed E-state index contributed by atoms with van der Waals surface area (Å²) >= 11 is 3.72. The molecule has 3 aromatic carbocycles. The molecule has 2 bridgehead atoms. The van der Waals surface area contributed by atoms with Crippen LogP contribution in [0, 0.1) is 11.8 Å². The standard InChI is InChI=1S/C33H36BrN3O6/c1-2-42-24-14-12-22(13-15-24)35-30(39)26-27-32(41)37(16-6-3-7-17-38)29(33(27)19-25(34)28(26)43-33)31(40)36-23-11-10-20-8-4-5-9-21(20)18-23/h4-5,8-15,18,25-29,38H,2-3,6-7,16-17,19H2,1H3,(H,35,39)(H,36,40)/t25?,26-,27+,28-,29?,33?/m1/s1. The van der Waals surface area contributed by atoms with Crippen LogP contribution in [0.15, 0.2) is 66.7 Å². The highest BCUT2D eigenvalue weighted by Crippen LogP contribution is 2.60. The van der Waals surface area contributed by atoms with Crippen LogP contribution in [-0.2, 0) is 19.1 Å². The molecule has 1 spiro atoms. The van der Waals surface area contributed by atoms with Crippen LogP contribution >= 0.6 is 15.9 Å². The Morgan fingerprint density at radius 3 is 2.47 bits per heavy atom. The number of rotatable bonds is 11. The Balaban J connectivity index is 1.29. The Morgan fingerprint density at radius 1 is 1.00 bits per heavy atom. The molecule has 3 N–H and O–H groups in total. The van der Waals surface area contributed by atoms with Gasteiger partial charge >= 0.3 is 0 Å². The number of halogens is 1. The van der Waals surface area contributed by atoms with E-state index in [1.807, 2.05) is 49.4 Å². The number of nitrogens with zero attached hydrogens (tertiary/aromatic N) is 1. The van der Waals surface area contributed by atoms with Gasteiger partial charge in [-0.15, -0.1) is 0 Å². The number of nitrogens with one attached hydrogen (secondary N) is 2. The molecule has 0 aliphatic carbocycles. The molecule has 226 valence electrons. The van der Waals surface area contributed by atoms with E-state index < -0.39 is 29.6 Å². The van der Waals surface area contributed by atoms with Crippen molar-refractivity contribution in [2.45, 2.75) is 55.2 Å². The number of fused-ring (bicyclic) bond motifs is 2. The molecule has 3 unspecified atom stereocenters. The number of hydrogen-bond acceptors (Lipinski definition) is 6. The van der Waals surface area contributed by atoms with E-state index in [0.29, 0.717) is 56.0 Å². The smallest absolute Gasteiger partial charge is 0.250 e. The number of aliphatic hydroxyl groups excluding tert-OH is 1. The second-order valence-electron chi connectivity index (χ2n) is 11.5. The van der Waals surface area contributed by atoms with E-state index in [9.17, 15) is 19.5 Å². The summed E-state index contributed by atoms with van der Waals surface area (Å²) in [6.07, 6.45) is 1.83. The molecule has 3 amide bonds. The molecule has 0 saturated carbocycles. The van der Waals surface area contributed by atoms with Crippen molar-refractivity contribution in [3.05, 3.63) is 66.7 Å². The fourth-order valence-electron chi connectivity index (χ4n) is 7.05. The summed E-state index contributed by atoms with van der Waals surface area (Å²) in [5.74, 6) is -1.74. The highest BCUT2D eigenvalue weighted by atomic mass is 79.9. The summed E-state index contributed by atoms with van der Waals surface area (Å²) in [6.45, 7) is 2.84. The van der Waals surface area contributed by atoms with Crippen LogP contribution in [0.5, 0.6) is 5.75 Å². The number of ether oxygens (including phenoxy) is 2. The summed E-state index contributed by atoms with van der Waals surface area (Å²) in [5, 5.41) is 17.3. The molecule has 43 heavy (non-hydrogen) atoms. The van der Waals surface area contributed by atoms with Crippen molar-refractivity contribution in [2.24, 2.45) is 11.8 Å². The third kappa shape index (κ3) is 5.41. The maximum absolute atomic E-state index is 14.2. The van der Waals surface area contributed by atoms with Crippen LogP contribution in [0.4, 0.5) is 11.4 Å². The number of amides is 3. The average Bonchev–Trinajstić information content (AvgIpc) is 3.59. The Labute approximate surface area is 259 Å². The maximum atomic E-state index is 14.2. The zero-order valence-electron chi connectivity index (χ0n) is 24.0. The summed E-state index contributed by atoms with van der Waals surface area (Å²) in [4.78, 5) is 43.5. The SMILES string of the molecule is CCOc1ccc(NC(=O)[C@H]2[C@@H]3OC4(CC3Br)C(C(=O)Nc3ccc5ccccc5c3)N(CCCCCO)C(=O)[C@H]24)cc1. The minimum absolute atomic E-state index is 0.0657. The molecule has 9 nitrogen and oxygen atoms in total. The number of carbonyl (C=O) groups excluding carboxylic acids is 3. The lowest BCUT2D eigenvalue weighted by molar-refractivity contribution is -0.139. The Bertz CT molecular complexity index is 1520. The largest absolute Gasteiger partial charge is 0.494 e. The minimum atomic E-state index is -1.14. The third-order valence-electron chi connectivity index (χ3n) is 8.85. The average molecular weight is 651 g/mol. The molecule has 3 aromatic rings. The maximum Gasteiger partial charge on any atom is 0.250 e. The second-order valence-corrected chi connectivity index (χ2v) is 12.7. The summed E-state index contributed by atoms with van der Waals surface area (Å²) in [5.41, 5.74) is 0.0755. The predicted octanol–water partition coefficient (Wildman–Crippen LogP) is 4.73. The first-order valence-corrected chi connectivity index (χ1v) is 15.8. The van der Waals surface area contributed by atoms with Gasteiger partial charge in [-0.2, -0.15) is 0 Å². The van der Waals surface area contributed by atoms with E-state index in [1.54, 1.807) is 29.2 Å². The first-order chi connectivity index (χ1) is 20.9. The Kier molecular flexibility index (Phi) is 8.44. The van der Waals surface area contributed by atoms with Gasteiger partial charge in [0.15, 0.2) is 0 Å². The van der Waals surface area contributed by atoms with Crippen molar-refractivity contribution >= 4 is 55.8 Å². The molecule has 10 heteroatoms. The normalized spacial score (nSPS) is 27.4. The fraction of sp³-hybridized carbons (Fsp3) is 0.424. The molecule has 6 rings (SSSR count). The molecule has 3 fully saturated rings. The van der Waals surface area contributed by atoms with E-state index >= 15 is 0 Å². The van der Waals surface area contributed by atoms with Gasteiger partial charge in [0.2, 0.25) is 17.7 Å². The molecule has 3 aliphatic rings. The van der Waals surface area contributed by atoms with Gasteiger partial charge in [-0.1, -0.05) is 46.3 Å². The highest BCUT2D eigenvalue weighted by Gasteiger charge is 2.76. The topological polar surface area (TPSA) is 117 Å². The summed E-state index contributed by atoms with van der Waals surface area (Å²) < 4.78 is 12.1. The third-order valence-corrected chi connectivity index (χ3v) is 9.69. The van der Waals surface area contributed by atoms with Gasteiger partial charge in [-0.25, -0.2) is 0 Å². The van der Waals surface area contributed by atoms with Gasteiger partial charge in [0.05, 0.1) is 24.5 Å². The van der Waals surface area contributed by atoms with Gasteiger partial charge < -0.3 is 30.1 Å². The predicted molar refractivity (Wildman–Crippen MR) is 167 cm³/mol. The molecule has 3 aliphatic heterocycles. The van der Waals surface area contributed by atoms with E-state index in [-0.39, 0.29) is 29.2 Å². The fourth-order valence-corrected chi connectivity index (χ4v) is 7.99. The summed E-state index contributed by atoms with van der Waals surface area (Å²) in [6, 6.07) is 19.8. The monoisotopic (exact) mass is 649 g/mol. The van der Waals surface area contributed by atoms with Crippen molar-refractivity contribution in [2.75, 3.05) is 30.4 Å². The Morgan fingerprint density at radius 2 is 1.72 bits per heavy atom. The van der Waals surface area contributed by atoms with Crippen molar-refractivity contribution in [3.8, 4) is 5.75 Å². The van der Waals surface area contributed by atoms with Gasteiger partial charge in [0.25, 0.3) is 0 Å². The lowest BCUT2D eigenvalue weighted by Gasteiger charge is -2.34. The number of aliphatic hydroxyl groups is 1. The molecule has 6 atom stereocenters.